The first-order chi connectivity index (χ1) is 11.8. The Bertz CT molecular complexity index is 625. The van der Waals surface area contributed by atoms with Gasteiger partial charge in [0.15, 0.2) is 0 Å². The molecule has 0 aliphatic heterocycles. The number of nitrogens with zero attached hydrogens (tertiary/aromatic N) is 1. The van der Waals surface area contributed by atoms with Gasteiger partial charge in [-0.05, 0) is 54.4 Å². The number of hydrogen-bond donors (Lipinski definition) is 2. The van der Waals surface area contributed by atoms with Gasteiger partial charge >= 0.3 is 0 Å². The van der Waals surface area contributed by atoms with E-state index in [-0.39, 0.29) is 5.41 Å². The molecule has 1 aromatic heterocycles. The van der Waals surface area contributed by atoms with Crippen LogP contribution in [0.1, 0.15) is 52.7 Å². The van der Waals surface area contributed by atoms with E-state index in [0.29, 0.717) is 18.7 Å². The SMILES string of the molecule is C=C/C(C/C=C(/CC)CN)=C(/C(=N)CCc1ccccn1)C(C)(C)C. The molecule has 0 aliphatic rings. The number of aromatic nitrogens is 1. The molecule has 0 atom stereocenters. The first-order valence-electron chi connectivity index (χ1n) is 9.05. The summed E-state index contributed by atoms with van der Waals surface area (Å²) < 4.78 is 0. The van der Waals surface area contributed by atoms with E-state index in [0.717, 1.165) is 36.1 Å². The third-order valence-electron chi connectivity index (χ3n) is 4.30. The van der Waals surface area contributed by atoms with Crippen molar-refractivity contribution in [3.8, 4) is 0 Å². The van der Waals surface area contributed by atoms with Gasteiger partial charge in [-0.3, -0.25) is 4.98 Å². The Morgan fingerprint density at radius 3 is 2.52 bits per heavy atom. The van der Waals surface area contributed by atoms with Gasteiger partial charge in [-0.1, -0.05) is 58.1 Å². The van der Waals surface area contributed by atoms with Crippen molar-refractivity contribution in [2.24, 2.45) is 11.1 Å². The molecule has 3 heteroatoms. The predicted molar refractivity (Wildman–Crippen MR) is 109 cm³/mol. The highest BCUT2D eigenvalue weighted by Gasteiger charge is 2.23. The highest BCUT2D eigenvalue weighted by Crippen LogP contribution is 2.32. The van der Waals surface area contributed by atoms with E-state index in [9.17, 15) is 0 Å². The summed E-state index contributed by atoms with van der Waals surface area (Å²) in [5.41, 5.74) is 10.8. The van der Waals surface area contributed by atoms with E-state index in [1.54, 1.807) is 6.20 Å². The Balaban J connectivity index is 3.06. The summed E-state index contributed by atoms with van der Waals surface area (Å²) in [6, 6.07) is 5.92. The quantitative estimate of drug-likeness (QED) is 0.367. The van der Waals surface area contributed by atoms with Crippen molar-refractivity contribution in [3.05, 3.63) is 65.5 Å². The monoisotopic (exact) mass is 339 g/mol. The van der Waals surface area contributed by atoms with Crippen LogP contribution in [0.25, 0.3) is 0 Å². The molecule has 0 saturated heterocycles. The molecule has 0 fully saturated rings. The number of nitrogens with one attached hydrogen (secondary N) is 1. The summed E-state index contributed by atoms with van der Waals surface area (Å²) in [4.78, 5) is 4.36. The Morgan fingerprint density at radius 1 is 1.32 bits per heavy atom. The maximum atomic E-state index is 8.68. The number of allylic oxidation sites excluding steroid dienone is 4. The van der Waals surface area contributed by atoms with Crippen molar-refractivity contribution in [1.82, 2.24) is 4.98 Å². The second kappa shape index (κ2) is 10.1. The molecule has 1 heterocycles. The fourth-order valence-electron chi connectivity index (χ4n) is 2.97. The summed E-state index contributed by atoms with van der Waals surface area (Å²) in [6.45, 7) is 13.2. The Hall–Kier alpha value is -2.00. The molecule has 0 unspecified atom stereocenters. The van der Waals surface area contributed by atoms with Crippen LogP contribution >= 0.6 is 0 Å². The fraction of sp³-hybridized carbons (Fsp3) is 0.455. The van der Waals surface area contributed by atoms with Gasteiger partial charge in [0.25, 0.3) is 0 Å². The molecule has 0 spiro atoms. The number of nitrogens with two attached hydrogens (primary N) is 1. The summed E-state index contributed by atoms with van der Waals surface area (Å²) in [5.74, 6) is 0. The molecular weight excluding hydrogens is 306 g/mol. The van der Waals surface area contributed by atoms with E-state index >= 15 is 0 Å². The Labute approximate surface area is 153 Å². The Morgan fingerprint density at radius 2 is 2.04 bits per heavy atom. The topological polar surface area (TPSA) is 62.8 Å². The van der Waals surface area contributed by atoms with Crippen LogP contribution in [0.15, 0.2) is 59.8 Å². The highest BCUT2D eigenvalue weighted by molar-refractivity contribution is 6.00. The van der Waals surface area contributed by atoms with E-state index in [4.69, 9.17) is 11.1 Å². The second-order valence-corrected chi connectivity index (χ2v) is 7.28. The molecule has 25 heavy (non-hydrogen) atoms. The van der Waals surface area contributed by atoms with E-state index in [1.807, 2.05) is 24.3 Å². The van der Waals surface area contributed by atoms with E-state index in [2.05, 4.69) is 45.3 Å². The van der Waals surface area contributed by atoms with Gasteiger partial charge in [-0.25, -0.2) is 0 Å². The maximum Gasteiger partial charge on any atom is 0.0407 e. The Kier molecular flexibility index (Phi) is 8.50. The lowest BCUT2D eigenvalue weighted by molar-refractivity contribution is 0.517. The smallest absolute Gasteiger partial charge is 0.0407 e. The van der Waals surface area contributed by atoms with Crippen molar-refractivity contribution < 1.29 is 0 Å². The molecule has 3 N–H and O–H groups in total. The molecule has 1 aromatic rings. The van der Waals surface area contributed by atoms with Gasteiger partial charge in [0.2, 0.25) is 0 Å². The van der Waals surface area contributed by atoms with Crippen molar-refractivity contribution >= 4 is 5.71 Å². The normalized spacial score (nSPS) is 13.4. The standard InChI is InChI=1S/C22H33N3/c1-6-17(16-23)11-12-18(7-2)21(22(3,4)5)20(24)14-13-19-10-8-9-15-25-19/h7-11,15,24H,2,6,12-14,16,23H2,1,3-5H3/b17-11-,21-18+,24-20?. The van der Waals surface area contributed by atoms with Gasteiger partial charge in [0.1, 0.15) is 0 Å². The van der Waals surface area contributed by atoms with Crippen LogP contribution in [-0.2, 0) is 6.42 Å². The number of pyridine rings is 1. The zero-order valence-corrected chi connectivity index (χ0v) is 16.2. The summed E-state index contributed by atoms with van der Waals surface area (Å²) in [6.07, 6.45) is 9.10. The lowest BCUT2D eigenvalue weighted by atomic mass is 9.78. The average Bonchev–Trinajstić information content (AvgIpc) is 2.59. The summed E-state index contributed by atoms with van der Waals surface area (Å²) >= 11 is 0. The summed E-state index contributed by atoms with van der Waals surface area (Å²) in [7, 11) is 0. The van der Waals surface area contributed by atoms with Crippen LogP contribution in [0, 0.1) is 10.8 Å². The minimum atomic E-state index is -0.104. The van der Waals surface area contributed by atoms with Gasteiger partial charge in [-0.15, -0.1) is 0 Å². The van der Waals surface area contributed by atoms with E-state index < -0.39 is 0 Å². The summed E-state index contributed by atoms with van der Waals surface area (Å²) in [5, 5.41) is 8.68. The van der Waals surface area contributed by atoms with Crippen LogP contribution in [0.5, 0.6) is 0 Å². The third-order valence-corrected chi connectivity index (χ3v) is 4.30. The second-order valence-electron chi connectivity index (χ2n) is 7.28. The highest BCUT2D eigenvalue weighted by atomic mass is 14.7. The number of rotatable bonds is 9. The third kappa shape index (κ3) is 6.79. The van der Waals surface area contributed by atoms with Crippen molar-refractivity contribution in [3.63, 3.8) is 0 Å². The molecule has 0 aromatic carbocycles. The molecule has 0 aliphatic carbocycles. The molecule has 3 nitrogen and oxygen atoms in total. The van der Waals surface area contributed by atoms with Crippen LogP contribution in [0.4, 0.5) is 0 Å². The average molecular weight is 340 g/mol. The van der Waals surface area contributed by atoms with Crippen LogP contribution in [0.2, 0.25) is 0 Å². The van der Waals surface area contributed by atoms with Gasteiger partial charge < -0.3 is 11.1 Å². The molecule has 1 rings (SSSR count). The lowest BCUT2D eigenvalue weighted by Crippen LogP contribution is -2.20. The van der Waals surface area contributed by atoms with Crippen LogP contribution in [0.3, 0.4) is 0 Å². The zero-order valence-electron chi connectivity index (χ0n) is 16.2. The number of hydrogen-bond acceptors (Lipinski definition) is 3. The molecule has 136 valence electrons. The van der Waals surface area contributed by atoms with Crippen molar-refractivity contribution in [2.45, 2.75) is 53.4 Å². The maximum absolute atomic E-state index is 8.68. The molecule has 0 amide bonds. The minimum absolute atomic E-state index is 0.104. The van der Waals surface area contributed by atoms with Gasteiger partial charge in [0.05, 0.1) is 0 Å². The molecule has 0 saturated carbocycles. The minimum Gasteiger partial charge on any atom is -0.327 e. The first kappa shape index (κ1) is 21.0. The van der Waals surface area contributed by atoms with Crippen LogP contribution in [-0.4, -0.2) is 17.2 Å². The first-order valence-corrected chi connectivity index (χ1v) is 9.05. The fourth-order valence-corrected chi connectivity index (χ4v) is 2.97. The lowest BCUT2D eigenvalue weighted by Gasteiger charge is -2.27. The van der Waals surface area contributed by atoms with Gasteiger partial charge in [-0.2, -0.15) is 0 Å². The van der Waals surface area contributed by atoms with Crippen molar-refractivity contribution in [2.75, 3.05) is 6.54 Å². The molecule has 0 bridgehead atoms. The van der Waals surface area contributed by atoms with Gasteiger partial charge in [0, 0.05) is 24.1 Å². The van der Waals surface area contributed by atoms with E-state index in [1.165, 1.54) is 5.57 Å². The zero-order chi connectivity index (χ0) is 18.9. The predicted octanol–water partition coefficient (Wildman–Crippen LogP) is 5.25. The van der Waals surface area contributed by atoms with Crippen molar-refractivity contribution in [1.29, 1.82) is 5.41 Å². The largest absolute Gasteiger partial charge is 0.327 e. The number of aryl methyl sites for hydroxylation is 1. The molecular formula is C22H33N3. The molecule has 0 radical (unpaired) electrons. The van der Waals surface area contributed by atoms with Crippen LogP contribution < -0.4 is 5.73 Å².